The van der Waals surface area contributed by atoms with Crippen LogP contribution in [0.3, 0.4) is 0 Å². The van der Waals surface area contributed by atoms with Gasteiger partial charge in [-0.3, -0.25) is 4.90 Å². The third-order valence-electron chi connectivity index (χ3n) is 3.03. The molecule has 0 aliphatic carbocycles. The Morgan fingerprint density at radius 3 is 2.43 bits per heavy atom. The molecule has 114 valence electrons. The fourth-order valence-corrected chi connectivity index (χ4v) is 3.55. The molecule has 0 aliphatic rings. The largest absolute Gasteiger partial charge is 0.295 e. The normalized spacial score (nSPS) is 12.0. The smallest absolute Gasteiger partial charge is 0.240 e. The van der Waals surface area contributed by atoms with Crippen LogP contribution in [0.2, 0.25) is 0 Å². The van der Waals surface area contributed by atoms with Crippen molar-refractivity contribution in [2.75, 3.05) is 14.1 Å². The summed E-state index contributed by atoms with van der Waals surface area (Å²) in [5.41, 5.74) is 2.12. The minimum absolute atomic E-state index is 0.284. The molecule has 0 saturated heterocycles. The molecule has 1 aromatic heterocycles. The molecule has 0 unspecified atom stereocenters. The van der Waals surface area contributed by atoms with Crippen molar-refractivity contribution in [3.63, 3.8) is 0 Å². The summed E-state index contributed by atoms with van der Waals surface area (Å²) in [6.45, 7) is 3.52. The summed E-state index contributed by atoms with van der Waals surface area (Å²) in [6.07, 6.45) is 0. The number of nitrogens with zero attached hydrogens (tertiary/aromatic N) is 2. The summed E-state index contributed by atoms with van der Waals surface area (Å²) < 4.78 is 25.6. The van der Waals surface area contributed by atoms with Crippen LogP contribution in [-0.4, -0.2) is 32.4 Å². The van der Waals surface area contributed by atoms with Crippen LogP contribution in [0.15, 0.2) is 34.5 Å². The molecule has 1 N–H and O–H groups in total. The summed E-state index contributed by atoms with van der Waals surface area (Å²) in [5, 5.41) is 3.13. The van der Waals surface area contributed by atoms with Crippen molar-refractivity contribution >= 4 is 21.4 Å². The first-order valence-electron chi connectivity index (χ1n) is 6.53. The summed E-state index contributed by atoms with van der Waals surface area (Å²) in [7, 11) is 0.0714. The van der Waals surface area contributed by atoms with Crippen LogP contribution in [0, 0.1) is 6.92 Å². The van der Waals surface area contributed by atoms with Crippen molar-refractivity contribution in [3.05, 3.63) is 45.9 Å². The summed E-state index contributed by atoms with van der Waals surface area (Å²) in [4.78, 5) is 6.88. The Morgan fingerprint density at radius 2 is 1.90 bits per heavy atom. The number of thiazole rings is 1. The number of nitrogens with one attached hydrogen (secondary N) is 1. The van der Waals surface area contributed by atoms with Crippen LogP contribution in [0.5, 0.6) is 0 Å². The van der Waals surface area contributed by atoms with Crippen molar-refractivity contribution in [1.29, 1.82) is 0 Å². The molecule has 0 saturated carbocycles. The average molecular weight is 325 g/mol. The fraction of sp³-hybridized carbons (Fsp3) is 0.357. The minimum atomic E-state index is -3.36. The molecule has 21 heavy (non-hydrogen) atoms. The zero-order valence-corrected chi connectivity index (χ0v) is 14.0. The molecule has 0 amide bonds. The zero-order chi connectivity index (χ0) is 15.5. The number of aryl methyl sites for hydroxylation is 1. The molecule has 2 rings (SSSR count). The lowest BCUT2D eigenvalue weighted by Gasteiger charge is -2.15. The SMILES string of the molecule is CNS(=O)(=O)c1ccc(CN(C)Cc2nc(C)cs2)cc1. The molecular formula is C14H19N3O2S2. The maximum absolute atomic E-state index is 11.6. The maximum Gasteiger partial charge on any atom is 0.240 e. The fourth-order valence-electron chi connectivity index (χ4n) is 1.97. The second-order valence-corrected chi connectivity index (χ2v) is 7.74. The molecule has 0 bridgehead atoms. The first-order chi connectivity index (χ1) is 9.90. The van der Waals surface area contributed by atoms with Crippen LogP contribution in [0.25, 0.3) is 0 Å². The molecule has 0 spiro atoms. The van der Waals surface area contributed by atoms with E-state index < -0.39 is 10.0 Å². The quantitative estimate of drug-likeness (QED) is 0.882. The summed E-state index contributed by atoms with van der Waals surface area (Å²) in [6, 6.07) is 6.94. The van der Waals surface area contributed by atoms with E-state index >= 15 is 0 Å². The van der Waals surface area contributed by atoms with E-state index in [0.29, 0.717) is 0 Å². The van der Waals surface area contributed by atoms with E-state index in [4.69, 9.17) is 0 Å². The number of sulfonamides is 1. The highest BCUT2D eigenvalue weighted by Gasteiger charge is 2.11. The van der Waals surface area contributed by atoms with Gasteiger partial charge in [-0.15, -0.1) is 11.3 Å². The average Bonchev–Trinajstić information content (AvgIpc) is 2.84. The Kier molecular flexibility index (Phi) is 5.10. The highest BCUT2D eigenvalue weighted by molar-refractivity contribution is 7.89. The van der Waals surface area contributed by atoms with Gasteiger partial charge >= 0.3 is 0 Å². The van der Waals surface area contributed by atoms with Crippen molar-refractivity contribution in [3.8, 4) is 0 Å². The van der Waals surface area contributed by atoms with E-state index in [0.717, 1.165) is 29.4 Å². The molecule has 0 radical (unpaired) electrons. The van der Waals surface area contributed by atoms with Gasteiger partial charge in [0.05, 0.1) is 11.4 Å². The third-order valence-corrected chi connectivity index (χ3v) is 5.41. The van der Waals surface area contributed by atoms with Crippen LogP contribution in [0.4, 0.5) is 0 Å². The zero-order valence-electron chi connectivity index (χ0n) is 12.3. The van der Waals surface area contributed by atoms with E-state index in [1.807, 2.05) is 31.5 Å². The molecule has 0 atom stereocenters. The Morgan fingerprint density at radius 1 is 1.24 bits per heavy atom. The van der Waals surface area contributed by atoms with Gasteiger partial charge in [-0.05, 0) is 38.7 Å². The molecule has 0 fully saturated rings. The van der Waals surface area contributed by atoms with Gasteiger partial charge in [0.2, 0.25) is 10.0 Å². The highest BCUT2D eigenvalue weighted by Crippen LogP contribution is 2.14. The number of aromatic nitrogens is 1. The van der Waals surface area contributed by atoms with Gasteiger partial charge in [-0.25, -0.2) is 18.1 Å². The first-order valence-corrected chi connectivity index (χ1v) is 8.89. The Labute approximate surface area is 129 Å². The van der Waals surface area contributed by atoms with E-state index in [1.54, 1.807) is 23.5 Å². The molecule has 2 aromatic rings. The van der Waals surface area contributed by atoms with Gasteiger partial charge in [-0.2, -0.15) is 0 Å². The lowest BCUT2D eigenvalue weighted by Crippen LogP contribution is -2.19. The predicted octanol–water partition coefficient (Wildman–Crippen LogP) is 1.99. The highest BCUT2D eigenvalue weighted by atomic mass is 32.2. The van der Waals surface area contributed by atoms with Crippen LogP contribution in [-0.2, 0) is 23.1 Å². The predicted molar refractivity (Wildman–Crippen MR) is 84.7 cm³/mol. The number of benzene rings is 1. The van der Waals surface area contributed by atoms with Gasteiger partial charge in [0.25, 0.3) is 0 Å². The monoisotopic (exact) mass is 325 g/mol. The standard InChI is InChI=1S/C14H19N3O2S2/c1-11-10-20-14(16-11)9-17(3)8-12-4-6-13(7-5-12)21(18,19)15-2/h4-7,10,15H,8-9H2,1-3H3. The van der Waals surface area contributed by atoms with Crippen molar-refractivity contribution in [2.45, 2.75) is 24.9 Å². The maximum atomic E-state index is 11.6. The van der Waals surface area contributed by atoms with Gasteiger partial charge in [0, 0.05) is 17.6 Å². The Balaban J connectivity index is 2.00. The van der Waals surface area contributed by atoms with Gasteiger partial charge < -0.3 is 0 Å². The third kappa shape index (κ3) is 4.34. The van der Waals surface area contributed by atoms with Crippen molar-refractivity contribution < 1.29 is 8.42 Å². The molecule has 1 aromatic carbocycles. The topological polar surface area (TPSA) is 62.3 Å². The molecule has 7 heteroatoms. The summed E-state index contributed by atoms with van der Waals surface area (Å²) >= 11 is 1.66. The second kappa shape index (κ2) is 6.65. The van der Waals surface area contributed by atoms with Gasteiger partial charge in [0.15, 0.2) is 0 Å². The molecular weight excluding hydrogens is 306 g/mol. The van der Waals surface area contributed by atoms with E-state index in [9.17, 15) is 8.42 Å². The number of hydrogen-bond donors (Lipinski definition) is 1. The molecule has 0 aliphatic heterocycles. The van der Waals surface area contributed by atoms with E-state index in [-0.39, 0.29) is 4.90 Å². The molecule has 1 heterocycles. The molecule has 5 nitrogen and oxygen atoms in total. The van der Waals surface area contributed by atoms with Crippen molar-refractivity contribution in [1.82, 2.24) is 14.6 Å². The van der Waals surface area contributed by atoms with Crippen LogP contribution < -0.4 is 4.72 Å². The lowest BCUT2D eigenvalue weighted by atomic mass is 10.2. The minimum Gasteiger partial charge on any atom is -0.295 e. The van der Waals surface area contributed by atoms with Gasteiger partial charge in [-0.1, -0.05) is 12.1 Å². The Hall–Kier alpha value is -1.28. The summed E-state index contributed by atoms with van der Waals surface area (Å²) in [5.74, 6) is 0. The van der Waals surface area contributed by atoms with E-state index in [1.165, 1.54) is 7.05 Å². The number of hydrogen-bond acceptors (Lipinski definition) is 5. The first kappa shape index (κ1) is 16.1. The van der Waals surface area contributed by atoms with Crippen LogP contribution >= 0.6 is 11.3 Å². The van der Waals surface area contributed by atoms with E-state index in [2.05, 4.69) is 14.6 Å². The Bertz CT molecular complexity index is 693. The second-order valence-electron chi connectivity index (χ2n) is 4.91. The van der Waals surface area contributed by atoms with Crippen molar-refractivity contribution in [2.24, 2.45) is 0 Å². The van der Waals surface area contributed by atoms with Crippen LogP contribution in [0.1, 0.15) is 16.3 Å². The number of rotatable bonds is 6. The van der Waals surface area contributed by atoms with Gasteiger partial charge in [0.1, 0.15) is 5.01 Å². The lowest BCUT2D eigenvalue weighted by molar-refractivity contribution is 0.318.